The first-order valence-corrected chi connectivity index (χ1v) is 9.14. The lowest BCUT2D eigenvalue weighted by Crippen LogP contribution is -2.20. The van der Waals surface area contributed by atoms with Gasteiger partial charge in [-0.15, -0.1) is 0 Å². The summed E-state index contributed by atoms with van der Waals surface area (Å²) in [6, 6.07) is 0. The number of esters is 1. The van der Waals surface area contributed by atoms with E-state index in [0.717, 1.165) is 12.3 Å². The van der Waals surface area contributed by atoms with Gasteiger partial charge in [0.2, 0.25) is 0 Å². The zero-order valence-electron chi connectivity index (χ0n) is 15.1. The molecular formula is C19H38O2. The lowest BCUT2D eigenvalue weighted by Gasteiger charge is -2.20. The van der Waals surface area contributed by atoms with E-state index in [1.54, 1.807) is 0 Å². The molecule has 0 aliphatic rings. The van der Waals surface area contributed by atoms with Crippen LogP contribution in [0.15, 0.2) is 0 Å². The van der Waals surface area contributed by atoms with Gasteiger partial charge in [-0.05, 0) is 25.2 Å². The van der Waals surface area contributed by atoms with Crippen LogP contribution in [-0.4, -0.2) is 12.1 Å². The van der Waals surface area contributed by atoms with Crippen LogP contribution in [0.5, 0.6) is 0 Å². The quantitative estimate of drug-likeness (QED) is 0.302. The van der Waals surface area contributed by atoms with Crippen molar-refractivity contribution in [2.75, 3.05) is 0 Å². The van der Waals surface area contributed by atoms with Gasteiger partial charge in [-0.2, -0.15) is 0 Å². The first kappa shape index (κ1) is 20.5. The topological polar surface area (TPSA) is 26.3 Å². The summed E-state index contributed by atoms with van der Waals surface area (Å²) in [5, 5.41) is 0. The minimum absolute atomic E-state index is 0.0522. The molecule has 0 amide bonds. The van der Waals surface area contributed by atoms with Crippen LogP contribution in [0.25, 0.3) is 0 Å². The van der Waals surface area contributed by atoms with Crippen LogP contribution in [0.1, 0.15) is 98.8 Å². The largest absolute Gasteiger partial charge is 0.463 e. The molecule has 21 heavy (non-hydrogen) atoms. The van der Waals surface area contributed by atoms with Gasteiger partial charge in [0.15, 0.2) is 0 Å². The van der Waals surface area contributed by atoms with Crippen molar-refractivity contribution in [1.82, 2.24) is 0 Å². The van der Waals surface area contributed by atoms with Gasteiger partial charge in [-0.3, -0.25) is 4.79 Å². The third-order valence-corrected chi connectivity index (χ3v) is 4.56. The fraction of sp³-hybridized carbons (Fsp3) is 0.947. The third-order valence-electron chi connectivity index (χ3n) is 4.56. The minimum Gasteiger partial charge on any atom is -0.463 e. The Bertz CT molecular complexity index is 250. The predicted octanol–water partition coefficient (Wildman–Crippen LogP) is 6.13. The molecule has 0 rings (SSSR count). The summed E-state index contributed by atoms with van der Waals surface area (Å²) in [6.45, 7) is 10.3. The van der Waals surface area contributed by atoms with Gasteiger partial charge in [0.1, 0.15) is 6.10 Å². The first-order chi connectivity index (χ1) is 9.97. The van der Waals surface area contributed by atoms with Crippen LogP contribution in [0.3, 0.4) is 0 Å². The summed E-state index contributed by atoms with van der Waals surface area (Å²) >= 11 is 0. The number of carbonyl (C=O) groups excluding carboxylic acids is 1. The number of ether oxygens (including phenoxy) is 1. The van der Waals surface area contributed by atoms with Crippen LogP contribution in [-0.2, 0) is 9.53 Å². The Morgan fingerprint density at radius 1 is 0.857 bits per heavy atom. The highest BCUT2D eigenvalue weighted by Crippen LogP contribution is 2.21. The smallest absolute Gasteiger partial charge is 0.302 e. The Kier molecular flexibility index (Phi) is 12.8. The van der Waals surface area contributed by atoms with Gasteiger partial charge >= 0.3 is 5.97 Å². The Morgan fingerprint density at radius 3 is 2.05 bits per heavy atom. The molecule has 2 nitrogen and oxygen atoms in total. The summed E-state index contributed by atoms with van der Waals surface area (Å²) in [6.07, 6.45) is 13.5. The third kappa shape index (κ3) is 12.9. The van der Waals surface area contributed by atoms with Crippen molar-refractivity contribution in [2.24, 2.45) is 11.8 Å². The maximum atomic E-state index is 10.9. The molecule has 126 valence electrons. The van der Waals surface area contributed by atoms with Gasteiger partial charge in [-0.25, -0.2) is 0 Å². The Balaban J connectivity index is 3.51. The lowest BCUT2D eigenvalue weighted by atomic mass is 9.92. The fourth-order valence-electron chi connectivity index (χ4n) is 2.82. The zero-order valence-corrected chi connectivity index (χ0v) is 15.1. The van der Waals surface area contributed by atoms with E-state index in [2.05, 4.69) is 20.8 Å². The van der Waals surface area contributed by atoms with Crippen molar-refractivity contribution in [2.45, 2.75) is 105 Å². The molecule has 0 saturated carbocycles. The van der Waals surface area contributed by atoms with Crippen molar-refractivity contribution in [3.8, 4) is 0 Å². The molecule has 0 spiro atoms. The first-order valence-electron chi connectivity index (χ1n) is 9.14. The number of rotatable bonds is 13. The van der Waals surface area contributed by atoms with Crippen molar-refractivity contribution in [3.63, 3.8) is 0 Å². The normalized spacial score (nSPS) is 15.5. The molecule has 2 heteroatoms. The average molecular weight is 299 g/mol. The maximum Gasteiger partial charge on any atom is 0.302 e. The van der Waals surface area contributed by atoms with E-state index in [1.165, 1.54) is 64.7 Å². The molecule has 0 aromatic heterocycles. The highest BCUT2D eigenvalue weighted by Gasteiger charge is 2.15. The van der Waals surface area contributed by atoms with Crippen molar-refractivity contribution in [3.05, 3.63) is 0 Å². The zero-order chi connectivity index (χ0) is 16.1. The molecule has 0 aliphatic carbocycles. The maximum absolute atomic E-state index is 10.9. The molecule has 0 radical (unpaired) electrons. The molecular weight excluding hydrogens is 260 g/mol. The minimum atomic E-state index is -0.161. The highest BCUT2D eigenvalue weighted by molar-refractivity contribution is 5.66. The number of unbranched alkanes of at least 4 members (excludes halogenated alkanes) is 5. The lowest BCUT2D eigenvalue weighted by molar-refractivity contribution is -0.147. The molecule has 0 aromatic rings. The second-order valence-corrected chi connectivity index (χ2v) is 6.88. The van der Waals surface area contributed by atoms with Crippen LogP contribution >= 0.6 is 0 Å². The van der Waals surface area contributed by atoms with Gasteiger partial charge in [0, 0.05) is 6.92 Å². The van der Waals surface area contributed by atoms with Crippen molar-refractivity contribution < 1.29 is 9.53 Å². The van der Waals surface area contributed by atoms with E-state index >= 15 is 0 Å². The van der Waals surface area contributed by atoms with E-state index in [0.29, 0.717) is 5.92 Å². The van der Waals surface area contributed by atoms with Crippen molar-refractivity contribution in [1.29, 1.82) is 0 Å². The average Bonchev–Trinajstić information content (AvgIpc) is 2.41. The standard InChI is InChI=1S/C19H38O2/c1-6-7-8-9-10-11-13-16(2)14-12-15-17(3)18(4)21-19(5)20/h16-18H,6-15H2,1-5H3/t16-,17+,18+/m0/s1. The molecule has 0 saturated heterocycles. The summed E-state index contributed by atoms with van der Waals surface area (Å²) < 4.78 is 5.24. The number of carbonyl (C=O) groups is 1. The molecule has 0 heterocycles. The Labute approximate surface area is 133 Å². The number of hydrogen-bond acceptors (Lipinski definition) is 2. The van der Waals surface area contributed by atoms with Crippen LogP contribution in [0.4, 0.5) is 0 Å². The predicted molar refractivity (Wildman–Crippen MR) is 91.4 cm³/mol. The number of hydrogen-bond donors (Lipinski definition) is 0. The van der Waals surface area contributed by atoms with Crippen molar-refractivity contribution >= 4 is 5.97 Å². The van der Waals surface area contributed by atoms with Gasteiger partial charge in [-0.1, -0.05) is 78.6 Å². The highest BCUT2D eigenvalue weighted by atomic mass is 16.5. The molecule has 0 bridgehead atoms. The van der Waals surface area contributed by atoms with Gasteiger partial charge in [0.05, 0.1) is 0 Å². The molecule has 0 fully saturated rings. The van der Waals surface area contributed by atoms with E-state index in [4.69, 9.17) is 4.74 Å². The monoisotopic (exact) mass is 298 g/mol. The summed E-state index contributed by atoms with van der Waals surface area (Å²) in [5.74, 6) is 1.15. The van der Waals surface area contributed by atoms with Crippen LogP contribution in [0, 0.1) is 11.8 Å². The van der Waals surface area contributed by atoms with Gasteiger partial charge < -0.3 is 4.74 Å². The molecule has 3 atom stereocenters. The second kappa shape index (κ2) is 13.2. The Morgan fingerprint density at radius 2 is 1.43 bits per heavy atom. The SMILES string of the molecule is CCCCCCCC[C@H](C)CCC[C@@H](C)[C@@H](C)OC(C)=O. The molecule has 0 aromatic carbocycles. The van der Waals surface area contributed by atoms with Gasteiger partial charge in [0.25, 0.3) is 0 Å². The van der Waals surface area contributed by atoms with E-state index in [9.17, 15) is 4.79 Å². The van der Waals surface area contributed by atoms with Crippen LogP contribution in [0.2, 0.25) is 0 Å². The Hall–Kier alpha value is -0.530. The summed E-state index contributed by atoms with van der Waals surface area (Å²) in [5.41, 5.74) is 0. The van der Waals surface area contributed by atoms with E-state index in [1.807, 2.05) is 6.92 Å². The van der Waals surface area contributed by atoms with Crippen LogP contribution < -0.4 is 0 Å². The summed E-state index contributed by atoms with van der Waals surface area (Å²) in [7, 11) is 0. The van der Waals surface area contributed by atoms with E-state index < -0.39 is 0 Å². The second-order valence-electron chi connectivity index (χ2n) is 6.88. The fourth-order valence-corrected chi connectivity index (χ4v) is 2.82. The molecule has 0 N–H and O–H groups in total. The van der Waals surface area contributed by atoms with E-state index in [-0.39, 0.29) is 12.1 Å². The molecule has 0 aliphatic heterocycles. The molecule has 0 unspecified atom stereocenters. The summed E-state index contributed by atoms with van der Waals surface area (Å²) in [4.78, 5) is 10.9.